The van der Waals surface area contributed by atoms with Crippen molar-refractivity contribution in [2.45, 2.75) is 20.8 Å². The number of hydrogen-bond donors (Lipinski definition) is 0. The summed E-state index contributed by atoms with van der Waals surface area (Å²) in [6, 6.07) is 28.5. The molecule has 0 saturated heterocycles. The molecule has 4 aromatic carbocycles. The second-order valence-electron chi connectivity index (χ2n) is 9.02. The molecule has 0 amide bonds. The van der Waals surface area contributed by atoms with Gasteiger partial charge >= 0.3 is 0 Å². The molecule has 0 spiro atoms. The van der Waals surface area contributed by atoms with Gasteiger partial charge in [-0.3, -0.25) is 4.57 Å². The van der Waals surface area contributed by atoms with Gasteiger partial charge in [0.25, 0.3) is 0 Å². The fraction of sp³-hybridized carbons (Fsp3) is 0.100. The second-order valence-corrected chi connectivity index (χ2v) is 11.1. The highest BCUT2D eigenvalue weighted by Crippen LogP contribution is 2.46. The van der Waals surface area contributed by atoms with Gasteiger partial charge in [-0.15, -0.1) is 22.7 Å². The van der Waals surface area contributed by atoms with E-state index in [4.69, 9.17) is 4.98 Å². The molecule has 0 unspecified atom stereocenters. The minimum Gasteiger partial charge on any atom is -0.292 e. The van der Waals surface area contributed by atoms with Gasteiger partial charge in [-0.25, -0.2) is 4.98 Å². The van der Waals surface area contributed by atoms with Crippen molar-refractivity contribution in [2.75, 3.05) is 0 Å². The van der Waals surface area contributed by atoms with Gasteiger partial charge in [0, 0.05) is 25.7 Å². The smallest absolute Gasteiger partial charge is 0.146 e. The minimum atomic E-state index is 1.01. The summed E-state index contributed by atoms with van der Waals surface area (Å²) in [6.45, 7) is 6.60. The van der Waals surface area contributed by atoms with E-state index in [-0.39, 0.29) is 0 Å². The summed E-state index contributed by atoms with van der Waals surface area (Å²) in [5.74, 6) is 1.01. The zero-order valence-corrected chi connectivity index (χ0v) is 20.8. The van der Waals surface area contributed by atoms with E-state index < -0.39 is 0 Å². The number of nitrogens with zero attached hydrogens (tertiary/aromatic N) is 2. The molecule has 0 aliphatic carbocycles. The lowest BCUT2D eigenvalue weighted by atomic mass is 10.0. The van der Waals surface area contributed by atoms with Gasteiger partial charge in [0.15, 0.2) is 0 Å². The molecular formula is C30H22N2S2. The lowest BCUT2D eigenvalue weighted by molar-refractivity contribution is 1.06. The van der Waals surface area contributed by atoms with E-state index in [9.17, 15) is 0 Å². The van der Waals surface area contributed by atoms with Gasteiger partial charge in [-0.1, -0.05) is 48.5 Å². The third kappa shape index (κ3) is 2.76. The Bertz CT molecular complexity index is 1880. The molecule has 7 aromatic rings. The first-order valence-electron chi connectivity index (χ1n) is 11.5. The summed E-state index contributed by atoms with van der Waals surface area (Å²) >= 11 is 3.81. The van der Waals surface area contributed by atoms with Crippen molar-refractivity contribution in [1.82, 2.24) is 9.55 Å². The van der Waals surface area contributed by atoms with Crippen LogP contribution in [0.15, 0.2) is 78.9 Å². The largest absolute Gasteiger partial charge is 0.292 e. The van der Waals surface area contributed by atoms with Gasteiger partial charge in [0.05, 0.1) is 26.1 Å². The van der Waals surface area contributed by atoms with Crippen molar-refractivity contribution in [3.05, 3.63) is 95.6 Å². The number of aryl methyl sites for hydroxylation is 3. The monoisotopic (exact) mass is 474 g/mol. The van der Waals surface area contributed by atoms with Crippen molar-refractivity contribution in [2.24, 2.45) is 0 Å². The van der Waals surface area contributed by atoms with Gasteiger partial charge in [-0.05, 0) is 67.8 Å². The summed E-state index contributed by atoms with van der Waals surface area (Å²) in [4.78, 5) is 5.17. The molecule has 0 aliphatic heterocycles. The van der Waals surface area contributed by atoms with Crippen LogP contribution in [0.25, 0.3) is 57.7 Å². The van der Waals surface area contributed by atoms with Gasteiger partial charge < -0.3 is 0 Å². The minimum absolute atomic E-state index is 1.01. The van der Waals surface area contributed by atoms with Crippen LogP contribution in [0.4, 0.5) is 0 Å². The Balaban J connectivity index is 1.56. The molecule has 7 rings (SSSR count). The van der Waals surface area contributed by atoms with Crippen LogP contribution in [-0.2, 0) is 0 Å². The molecule has 34 heavy (non-hydrogen) atoms. The predicted octanol–water partition coefficient (Wildman–Crippen LogP) is 9.20. The number of hydrogen-bond acceptors (Lipinski definition) is 3. The third-order valence-electron chi connectivity index (χ3n) is 6.80. The maximum absolute atomic E-state index is 5.17. The Labute approximate surface area is 205 Å². The maximum atomic E-state index is 5.17. The Morgan fingerprint density at radius 3 is 2.21 bits per heavy atom. The normalized spacial score (nSPS) is 12.0. The standard InChI is InChI=1S/C30H22N2S2/c1-17-9-8-10-18(2)27(17)32-24-13-6-5-12-23(24)31-30(32)21-16-26-22(15-19(21)3)29-28(34-26)20-11-4-7-14-25(20)33-29/h4-16H,1-3H3. The number of rotatable bonds is 2. The molecule has 3 aromatic heterocycles. The van der Waals surface area contributed by atoms with E-state index in [0.29, 0.717) is 0 Å². The molecule has 0 aliphatic rings. The number of fused-ring (bicyclic) bond motifs is 6. The van der Waals surface area contributed by atoms with Gasteiger partial charge in [-0.2, -0.15) is 0 Å². The Kier molecular flexibility index (Phi) is 4.26. The van der Waals surface area contributed by atoms with Crippen LogP contribution in [-0.4, -0.2) is 9.55 Å². The highest BCUT2D eigenvalue weighted by Gasteiger charge is 2.20. The lowest BCUT2D eigenvalue weighted by Gasteiger charge is -2.16. The van der Waals surface area contributed by atoms with Crippen molar-refractivity contribution in [3.8, 4) is 17.1 Å². The number of imidazole rings is 1. The predicted molar refractivity (Wildman–Crippen MR) is 149 cm³/mol. The van der Waals surface area contributed by atoms with Crippen LogP contribution in [0, 0.1) is 20.8 Å². The van der Waals surface area contributed by atoms with E-state index >= 15 is 0 Å². The Morgan fingerprint density at radius 2 is 1.35 bits per heavy atom. The Hall–Kier alpha value is -3.47. The molecule has 0 N–H and O–H groups in total. The molecule has 164 valence electrons. The zero-order valence-electron chi connectivity index (χ0n) is 19.2. The molecule has 3 heterocycles. The first-order valence-corrected chi connectivity index (χ1v) is 13.1. The van der Waals surface area contributed by atoms with E-state index in [1.807, 2.05) is 22.7 Å². The van der Waals surface area contributed by atoms with Crippen molar-refractivity contribution < 1.29 is 0 Å². The number of aromatic nitrogens is 2. The number of thiophene rings is 2. The van der Waals surface area contributed by atoms with E-state index in [0.717, 1.165) is 16.9 Å². The number of benzene rings is 4. The van der Waals surface area contributed by atoms with E-state index in [1.165, 1.54) is 57.5 Å². The fourth-order valence-electron chi connectivity index (χ4n) is 5.19. The van der Waals surface area contributed by atoms with Crippen molar-refractivity contribution in [1.29, 1.82) is 0 Å². The SMILES string of the molecule is Cc1cc2c(cc1-c1nc3ccccc3n1-c1c(C)cccc1C)sc1c3ccccc3sc21. The fourth-order valence-corrected chi connectivity index (χ4v) is 7.86. The summed E-state index contributed by atoms with van der Waals surface area (Å²) in [7, 11) is 0. The van der Waals surface area contributed by atoms with Crippen molar-refractivity contribution >= 4 is 63.3 Å². The van der Waals surface area contributed by atoms with Gasteiger partial charge in [0.1, 0.15) is 5.82 Å². The molecule has 0 atom stereocenters. The van der Waals surface area contributed by atoms with Crippen LogP contribution >= 0.6 is 22.7 Å². The second kappa shape index (κ2) is 7.26. The maximum Gasteiger partial charge on any atom is 0.146 e. The first kappa shape index (κ1) is 20.0. The molecule has 4 heteroatoms. The zero-order chi connectivity index (χ0) is 23.0. The molecule has 0 saturated carbocycles. The van der Waals surface area contributed by atoms with Crippen LogP contribution in [0.3, 0.4) is 0 Å². The lowest BCUT2D eigenvalue weighted by Crippen LogP contribution is -2.03. The van der Waals surface area contributed by atoms with E-state index in [2.05, 4.69) is 104 Å². The molecule has 0 bridgehead atoms. The van der Waals surface area contributed by atoms with Crippen molar-refractivity contribution in [3.63, 3.8) is 0 Å². The average molecular weight is 475 g/mol. The molecule has 0 fully saturated rings. The highest BCUT2D eigenvalue weighted by molar-refractivity contribution is 7.36. The van der Waals surface area contributed by atoms with Crippen LogP contribution in [0.1, 0.15) is 16.7 Å². The quantitative estimate of drug-likeness (QED) is 0.244. The van der Waals surface area contributed by atoms with Crippen LogP contribution in [0.2, 0.25) is 0 Å². The average Bonchev–Trinajstić information content (AvgIpc) is 3.49. The van der Waals surface area contributed by atoms with Crippen LogP contribution < -0.4 is 0 Å². The molecular weight excluding hydrogens is 452 g/mol. The van der Waals surface area contributed by atoms with Gasteiger partial charge in [0.2, 0.25) is 0 Å². The Morgan fingerprint density at radius 1 is 0.647 bits per heavy atom. The van der Waals surface area contributed by atoms with E-state index in [1.54, 1.807) is 0 Å². The molecule has 2 nitrogen and oxygen atoms in total. The summed E-state index contributed by atoms with van der Waals surface area (Å²) in [5, 5.41) is 2.72. The summed E-state index contributed by atoms with van der Waals surface area (Å²) in [6.07, 6.45) is 0. The molecule has 0 radical (unpaired) electrons. The summed E-state index contributed by atoms with van der Waals surface area (Å²) in [5.41, 5.74) is 8.36. The topological polar surface area (TPSA) is 17.8 Å². The first-order chi connectivity index (χ1) is 16.6. The summed E-state index contributed by atoms with van der Waals surface area (Å²) < 4.78 is 7.85. The number of para-hydroxylation sites is 3. The third-order valence-corrected chi connectivity index (χ3v) is 9.32. The van der Waals surface area contributed by atoms with Crippen LogP contribution in [0.5, 0.6) is 0 Å². The highest BCUT2D eigenvalue weighted by atomic mass is 32.1.